The molecule has 0 radical (unpaired) electrons. The lowest BCUT2D eigenvalue weighted by Gasteiger charge is -1.93. The van der Waals surface area contributed by atoms with Crippen molar-refractivity contribution in [2.45, 2.75) is 19.2 Å². The molecule has 0 aromatic heterocycles. The molecule has 0 saturated carbocycles. The highest BCUT2D eigenvalue weighted by Crippen LogP contribution is 2.13. The normalized spacial score (nSPS) is 12.0. The van der Waals surface area contributed by atoms with Gasteiger partial charge in [-0.25, -0.2) is 4.79 Å². The Bertz CT molecular complexity index is 177. The number of aliphatic carboxylic acids is 1. The largest absolute Gasteiger partial charge is 0.490 e. The lowest BCUT2D eigenvalue weighted by molar-refractivity contribution is -0.192. The van der Waals surface area contributed by atoms with E-state index in [4.69, 9.17) is 15.0 Å². The molecule has 0 amide bonds. The zero-order valence-corrected chi connectivity index (χ0v) is 6.09. The quantitative estimate of drug-likeness (QED) is 0.543. The first-order chi connectivity index (χ1) is 5.21. The monoisotopic (exact) mass is 184 g/mol. The molecule has 0 aliphatic rings. The van der Waals surface area contributed by atoms with E-state index < -0.39 is 18.2 Å². The second-order valence-corrected chi connectivity index (χ2v) is 1.65. The average molecular weight is 184 g/mol. The molecule has 0 aliphatic carbocycles. The van der Waals surface area contributed by atoms with Crippen LogP contribution in [0, 0.1) is 12.3 Å². The molecule has 0 spiro atoms. The molecule has 12 heavy (non-hydrogen) atoms. The number of rotatable bonds is 0. The first kappa shape index (κ1) is 13.4. The van der Waals surface area contributed by atoms with Crippen molar-refractivity contribution in [3.63, 3.8) is 0 Å². The fraction of sp³-hybridized carbons (Fsp3) is 0.500. The van der Waals surface area contributed by atoms with Gasteiger partial charge in [0.1, 0.15) is 6.10 Å². The van der Waals surface area contributed by atoms with E-state index >= 15 is 0 Å². The lowest BCUT2D eigenvalue weighted by atomic mass is 10.4. The Morgan fingerprint density at radius 1 is 1.58 bits per heavy atom. The summed E-state index contributed by atoms with van der Waals surface area (Å²) in [7, 11) is 0. The van der Waals surface area contributed by atoms with Crippen LogP contribution in [0.4, 0.5) is 13.2 Å². The summed E-state index contributed by atoms with van der Waals surface area (Å²) in [6, 6.07) is 0. The van der Waals surface area contributed by atoms with E-state index in [9.17, 15) is 13.2 Å². The van der Waals surface area contributed by atoms with Crippen LogP contribution in [-0.2, 0) is 4.79 Å². The number of halogens is 3. The molecule has 0 fully saturated rings. The zero-order valence-electron chi connectivity index (χ0n) is 6.09. The van der Waals surface area contributed by atoms with E-state index in [-0.39, 0.29) is 0 Å². The zero-order chi connectivity index (χ0) is 10.4. The molecule has 0 heterocycles. The van der Waals surface area contributed by atoms with Crippen molar-refractivity contribution in [1.29, 1.82) is 0 Å². The highest BCUT2D eigenvalue weighted by Gasteiger charge is 2.38. The van der Waals surface area contributed by atoms with Crippen LogP contribution >= 0.6 is 0 Å². The molecular weight excluding hydrogens is 177 g/mol. The van der Waals surface area contributed by atoms with Gasteiger partial charge in [-0.3, -0.25) is 0 Å². The van der Waals surface area contributed by atoms with Crippen molar-refractivity contribution in [1.82, 2.24) is 0 Å². The van der Waals surface area contributed by atoms with Gasteiger partial charge in [0, 0.05) is 0 Å². The maximum atomic E-state index is 10.6. The number of aliphatic hydroxyl groups is 1. The molecule has 3 nitrogen and oxygen atoms in total. The van der Waals surface area contributed by atoms with Crippen molar-refractivity contribution < 1.29 is 28.2 Å². The van der Waals surface area contributed by atoms with Gasteiger partial charge in [0.05, 0.1) is 0 Å². The van der Waals surface area contributed by atoms with Crippen LogP contribution in [0.1, 0.15) is 6.92 Å². The maximum absolute atomic E-state index is 10.6. The molecule has 1 atom stereocenters. The van der Waals surface area contributed by atoms with Crippen LogP contribution in [0.15, 0.2) is 0 Å². The van der Waals surface area contributed by atoms with Crippen LogP contribution in [0.25, 0.3) is 0 Å². The van der Waals surface area contributed by atoms with Crippen LogP contribution in [0.3, 0.4) is 0 Å². The number of hydrogen-bond acceptors (Lipinski definition) is 2. The minimum atomic E-state index is -5.08. The molecular formula is C6H7F3O3. The summed E-state index contributed by atoms with van der Waals surface area (Å²) in [6.45, 7) is 1.54. The molecule has 0 rings (SSSR count). The fourth-order valence-corrected chi connectivity index (χ4v) is 0. The third-order valence-electron chi connectivity index (χ3n) is 0.484. The molecule has 0 bridgehead atoms. The summed E-state index contributed by atoms with van der Waals surface area (Å²) in [6.07, 6.45) is -1.00. The third kappa shape index (κ3) is 11.6. The summed E-state index contributed by atoms with van der Waals surface area (Å²) in [5, 5.41) is 15.2. The van der Waals surface area contributed by atoms with Gasteiger partial charge in [-0.2, -0.15) is 13.2 Å². The molecule has 0 aromatic carbocycles. The van der Waals surface area contributed by atoms with Crippen molar-refractivity contribution >= 4 is 5.97 Å². The summed E-state index contributed by atoms with van der Waals surface area (Å²) < 4.78 is 31.7. The van der Waals surface area contributed by atoms with E-state index in [0.717, 1.165) is 0 Å². The topological polar surface area (TPSA) is 57.5 Å². The molecule has 2 N–H and O–H groups in total. The summed E-state index contributed by atoms with van der Waals surface area (Å²) >= 11 is 0. The Balaban J connectivity index is 0. The third-order valence-corrected chi connectivity index (χ3v) is 0.484. The van der Waals surface area contributed by atoms with E-state index in [2.05, 4.69) is 12.3 Å². The lowest BCUT2D eigenvalue weighted by Crippen LogP contribution is -2.21. The number of hydrogen-bond donors (Lipinski definition) is 2. The van der Waals surface area contributed by atoms with Crippen LogP contribution in [0.2, 0.25) is 0 Å². The van der Waals surface area contributed by atoms with Gasteiger partial charge in [-0.15, -0.1) is 6.42 Å². The predicted octanol–water partition coefficient (Wildman–Crippen LogP) is 0.634. The highest BCUT2D eigenvalue weighted by atomic mass is 19.4. The second kappa shape index (κ2) is 5.43. The second-order valence-electron chi connectivity index (χ2n) is 1.65. The smallest absolute Gasteiger partial charge is 0.475 e. The van der Waals surface area contributed by atoms with Gasteiger partial charge < -0.3 is 10.2 Å². The average Bonchev–Trinajstić information content (AvgIpc) is 1.87. The van der Waals surface area contributed by atoms with Crippen LogP contribution in [0.5, 0.6) is 0 Å². The van der Waals surface area contributed by atoms with E-state index in [1.54, 1.807) is 6.92 Å². The summed E-state index contributed by atoms with van der Waals surface area (Å²) in [4.78, 5) is 8.90. The van der Waals surface area contributed by atoms with Gasteiger partial charge in [-0.05, 0) is 6.92 Å². The minimum Gasteiger partial charge on any atom is -0.475 e. The van der Waals surface area contributed by atoms with Crippen LogP contribution in [-0.4, -0.2) is 28.5 Å². The number of terminal acetylenes is 1. The molecule has 0 aromatic rings. The SMILES string of the molecule is C#CC(C)O.O=C(O)C(F)(F)F. The Morgan fingerprint density at radius 3 is 1.75 bits per heavy atom. The Labute approximate surface area is 66.8 Å². The van der Waals surface area contributed by atoms with Crippen molar-refractivity contribution in [2.24, 2.45) is 0 Å². The van der Waals surface area contributed by atoms with Gasteiger partial charge in [0.2, 0.25) is 0 Å². The van der Waals surface area contributed by atoms with Gasteiger partial charge in [0.15, 0.2) is 0 Å². The van der Waals surface area contributed by atoms with E-state index in [1.807, 2.05) is 0 Å². The first-order valence-corrected chi connectivity index (χ1v) is 2.66. The minimum absolute atomic E-state index is 0.588. The standard InChI is InChI=1S/C4H6O.C2HF3O2/c1-3-4(2)5;3-2(4,5)1(6)7/h1,4-5H,2H3;(H,6,7). The molecule has 6 heteroatoms. The van der Waals surface area contributed by atoms with Crippen LogP contribution < -0.4 is 0 Å². The number of alkyl halides is 3. The van der Waals surface area contributed by atoms with E-state index in [0.29, 0.717) is 0 Å². The number of carboxylic acids is 1. The van der Waals surface area contributed by atoms with Crippen molar-refractivity contribution in [3.8, 4) is 12.3 Å². The summed E-state index contributed by atoms with van der Waals surface area (Å²) in [5.74, 6) is -0.674. The fourth-order valence-electron chi connectivity index (χ4n) is 0. The highest BCUT2D eigenvalue weighted by molar-refractivity contribution is 5.73. The van der Waals surface area contributed by atoms with Crippen molar-refractivity contribution in [2.75, 3.05) is 0 Å². The summed E-state index contributed by atoms with van der Waals surface area (Å²) in [5.41, 5.74) is 0. The van der Waals surface area contributed by atoms with E-state index in [1.165, 1.54) is 0 Å². The number of carboxylic acid groups (broad SMARTS) is 1. The Hall–Kier alpha value is -1.22. The number of carbonyl (C=O) groups is 1. The van der Waals surface area contributed by atoms with Gasteiger partial charge >= 0.3 is 12.1 Å². The molecule has 0 saturated heterocycles. The Kier molecular flexibility index (Phi) is 6.06. The maximum Gasteiger partial charge on any atom is 0.490 e. The molecule has 70 valence electrons. The van der Waals surface area contributed by atoms with Gasteiger partial charge in [-0.1, -0.05) is 5.92 Å². The Morgan fingerprint density at radius 2 is 1.75 bits per heavy atom. The first-order valence-electron chi connectivity index (χ1n) is 2.66. The molecule has 0 aliphatic heterocycles. The van der Waals surface area contributed by atoms with Gasteiger partial charge in [0.25, 0.3) is 0 Å². The molecule has 1 unspecified atom stereocenters. The van der Waals surface area contributed by atoms with Crippen molar-refractivity contribution in [3.05, 3.63) is 0 Å². The number of aliphatic hydroxyl groups excluding tert-OH is 1. The predicted molar refractivity (Wildman–Crippen MR) is 34.2 cm³/mol.